The van der Waals surface area contributed by atoms with Gasteiger partial charge in [0.2, 0.25) is 0 Å². The van der Waals surface area contributed by atoms with Gasteiger partial charge < -0.3 is 10.4 Å². The summed E-state index contributed by atoms with van der Waals surface area (Å²) in [4.78, 5) is 2.34. The van der Waals surface area contributed by atoms with Gasteiger partial charge in [0.1, 0.15) is 0 Å². The van der Waals surface area contributed by atoms with E-state index in [0.717, 1.165) is 38.8 Å². The fourth-order valence-electron chi connectivity index (χ4n) is 3.25. The van der Waals surface area contributed by atoms with Crippen molar-refractivity contribution in [3.8, 4) is 0 Å². The van der Waals surface area contributed by atoms with Crippen molar-refractivity contribution in [3.05, 3.63) is 0 Å². The van der Waals surface area contributed by atoms with Crippen LogP contribution in [0.25, 0.3) is 0 Å². The molecule has 0 aromatic rings. The monoisotopic (exact) mass is 290 g/mol. The van der Waals surface area contributed by atoms with Gasteiger partial charge in [-0.05, 0) is 51.4 Å². The average Bonchev–Trinajstić information content (AvgIpc) is 3.20. The Morgan fingerprint density at radius 2 is 1.95 bits per heavy atom. The molecule has 0 bridgehead atoms. The third-order valence-electron chi connectivity index (χ3n) is 4.60. The van der Waals surface area contributed by atoms with Crippen molar-refractivity contribution < 1.29 is 13.9 Å². The summed E-state index contributed by atoms with van der Waals surface area (Å²) in [6, 6.07) is 0.545. The van der Waals surface area contributed by atoms with E-state index in [2.05, 4.69) is 24.1 Å². The highest BCUT2D eigenvalue weighted by Gasteiger charge is 2.35. The summed E-state index contributed by atoms with van der Waals surface area (Å²) in [6.07, 6.45) is 1.53. The number of alkyl halides is 2. The zero-order valence-electron chi connectivity index (χ0n) is 12.6. The Kier molecular flexibility index (Phi) is 5.75. The maximum atomic E-state index is 12.4. The molecule has 3 unspecified atom stereocenters. The van der Waals surface area contributed by atoms with Crippen molar-refractivity contribution >= 4 is 0 Å². The van der Waals surface area contributed by atoms with E-state index in [4.69, 9.17) is 0 Å². The van der Waals surface area contributed by atoms with Crippen LogP contribution in [0.5, 0.6) is 0 Å². The Morgan fingerprint density at radius 3 is 2.50 bits per heavy atom. The largest absolute Gasteiger partial charge is 0.393 e. The van der Waals surface area contributed by atoms with Crippen molar-refractivity contribution in [2.45, 2.75) is 64.1 Å². The van der Waals surface area contributed by atoms with E-state index in [9.17, 15) is 13.9 Å². The summed E-state index contributed by atoms with van der Waals surface area (Å²) in [5.74, 6) is 0.911. The molecule has 2 aliphatic rings. The van der Waals surface area contributed by atoms with Gasteiger partial charge in [0.05, 0.1) is 12.6 Å². The summed E-state index contributed by atoms with van der Waals surface area (Å²) in [7, 11) is 0. The first-order valence-electron chi connectivity index (χ1n) is 7.89. The highest BCUT2D eigenvalue weighted by atomic mass is 19.3. The quantitative estimate of drug-likeness (QED) is 0.754. The Labute approximate surface area is 120 Å². The Morgan fingerprint density at radius 1 is 1.25 bits per heavy atom. The number of piperidine rings is 1. The molecule has 1 aliphatic heterocycles. The first kappa shape index (κ1) is 16.1. The molecule has 2 fully saturated rings. The van der Waals surface area contributed by atoms with Crippen LogP contribution in [0, 0.1) is 11.8 Å². The molecule has 1 heterocycles. The molecule has 0 aromatic heterocycles. The normalized spacial score (nSPS) is 30.1. The van der Waals surface area contributed by atoms with Crippen molar-refractivity contribution in [1.29, 1.82) is 0 Å². The second kappa shape index (κ2) is 7.14. The van der Waals surface area contributed by atoms with E-state index in [1.165, 1.54) is 0 Å². The molecule has 5 heteroatoms. The predicted molar refractivity (Wildman–Crippen MR) is 76.0 cm³/mol. The number of nitrogens with one attached hydrogen (secondary N) is 1. The molecule has 1 saturated carbocycles. The van der Waals surface area contributed by atoms with Crippen LogP contribution in [0.15, 0.2) is 0 Å². The second-order valence-corrected chi connectivity index (χ2v) is 6.79. The molecule has 2 N–H and O–H groups in total. The van der Waals surface area contributed by atoms with Gasteiger partial charge in [-0.1, -0.05) is 0 Å². The number of hydrogen-bond donors (Lipinski definition) is 2. The van der Waals surface area contributed by atoms with Gasteiger partial charge >= 0.3 is 0 Å². The van der Waals surface area contributed by atoms with Crippen LogP contribution in [-0.4, -0.2) is 54.3 Å². The molecule has 0 amide bonds. The molecule has 2 rings (SSSR count). The van der Waals surface area contributed by atoms with Crippen molar-refractivity contribution in [2.75, 3.05) is 19.6 Å². The standard InChI is InChI=1S/C15H28F2N2O/c1-10(2)19-8-11(6-14(20)12-3-4-12)5-13(9-19)18-7-15(16)17/h10-15,18,20H,3-9H2,1-2H3. The van der Waals surface area contributed by atoms with Gasteiger partial charge in [-0.2, -0.15) is 0 Å². The fraction of sp³-hybridized carbons (Fsp3) is 1.00. The van der Waals surface area contributed by atoms with Crippen LogP contribution in [-0.2, 0) is 0 Å². The van der Waals surface area contributed by atoms with E-state index < -0.39 is 6.43 Å². The van der Waals surface area contributed by atoms with Crippen molar-refractivity contribution in [1.82, 2.24) is 10.2 Å². The van der Waals surface area contributed by atoms with Crippen LogP contribution in [0.1, 0.15) is 39.5 Å². The van der Waals surface area contributed by atoms with Crippen LogP contribution in [0.2, 0.25) is 0 Å². The molecule has 1 saturated heterocycles. The zero-order chi connectivity index (χ0) is 14.7. The minimum atomic E-state index is -2.29. The van der Waals surface area contributed by atoms with Crippen LogP contribution in [0.3, 0.4) is 0 Å². The minimum Gasteiger partial charge on any atom is -0.393 e. The SMILES string of the molecule is CC(C)N1CC(CC(O)C2CC2)CC(NCC(F)F)C1. The molecule has 0 spiro atoms. The predicted octanol–water partition coefficient (Wildman–Crippen LogP) is 2.10. The van der Waals surface area contributed by atoms with E-state index in [0.29, 0.717) is 17.9 Å². The lowest BCUT2D eigenvalue weighted by Crippen LogP contribution is -2.52. The molecular formula is C15H28F2N2O. The first-order chi connectivity index (χ1) is 9.45. The molecule has 1 aliphatic carbocycles. The number of likely N-dealkylation sites (tertiary alicyclic amines) is 1. The highest BCUT2D eigenvalue weighted by molar-refractivity contribution is 4.89. The lowest BCUT2D eigenvalue weighted by Gasteiger charge is -2.41. The summed E-state index contributed by atoms with van der Waals surface area (Å²) in [5, 5.41) is 13.1. The van der Waals surface area contributed by atoms with Gasteiger partial charge in [0.15, 0.2) is 0 Å². The topological polar surface area (TPSA) is 35.5 Å². The third-order valence-corrected chi connectivity index (χ3v) is 4.60. The Bertz CT molecular complexity index is 296. The molecule has 3 atom stereocenters. The molecule has 3 nitrogen and oxygen atoms in total. The van der Waals surface area contributed by atoms with Crippen LogP contribution >= 0.6 is 0 Å². The van der Waals surface area contributed by atoms with E-state index in [-0.39, 0.29) is 18.7 Å². The van der Waals surface area contributed by atoms with Gasteiger partial charge in [0.25, 0.3) is 6.43 Å². The van der Waals surface area contributed by atoms with Gasteiger partial charge in [-0.15, -0.1) is 0 Å². The number of rotatable bonds is 7. The minimum absolute atomic E-state index is 0.122. The summed E-state index contributed by atoms with van der Waals surface area (Å²) in [5.41, 5.74) is 0. The number of hydrogen-bond acceptors (Lipinski definition) is 3. The maximum Gasteiger partial charge on any atom is 0.250 e. The van der Waals surface area contributed by atoms with Gasteiger partial charge in [-0.3, -0.25) is 4.90 Å². The number of halogens is 2. The van der Waals surface area contributed by atoms with Crippen molar-refractivity contribution in [3.63, 3.8) is 0 Å². The van der Waals surface area contributed by atoms with Gasteiger partial charge in [-0.25, -0.2) is 8.78 Å². The fourth-order valence-corrected chi connectivity index (χ4v) is 3.25. The first-order valence-corrected chi connectivity index (χ1v) is 7.89. The Hall–Kier alpha value is -0.260. The van der Waals surface area contributed by atoms with Crippen LogP contribution < -0.4 is 5.32 Å². The number of aliphatic hydroxyl groups is 1. The van der Waals surface area contributed by atoms with Crippen LogP contribution in [0.4, 0.5) is 8.78 Å². The summed E-state index contributed by atoms with van der Waals surface area (Å²) >= 11 is 0. The molecule has 0 radical (unpaired) electrons. The smallest absolute Gasteiger partial charge is 0.250 e. The van der Waals surface area contributed by atoms with E-state index in [1.54, 1.807) is 0 Å². The van der Waals surface area contributed by atoms with Crippen molar-refractivity contribution in [2.24, 2.45) is 11.8 Å². The molecule has 0 aromatic carbocycles. The zero-order valence-corrected chi connectivity index (χ0v) is 12.6. The molecule has 118 valence electrons. The lowest BCUT2D eigenvalue weighted by atomic mass is 9.87. The third kappa shape index (κ3) is 4.93. The summed E-state index contributed by atoms with van der Waals surface area (Å²) in [6.45, 7) is 5.87. The molecule has 20 heavy (non-hydrogen) atoms. The maximum absolute atomic E-state index is 12.4. The summed E-state index contributed by atoms with van der Waals surface area (Å²) < 4.78 is 24.7. The second-order valence-electron chi connectivity index (χ2n) is 6.79. The number of nitrogens with zero attached hydrogens (tertiary/aromatic N) is 1. The average molecular weight is 290 g/mol. The number of aliphatic hydroxyl groups excluding tert-OH is 1. The van der Waals surface area contributed by atoms with E-state index in [1.807, 2.05) is 0 Å². The lowest BCUT2D eigenvalue weighted by molar-refractivity contribution is 0.0566. The highest BCUT2D eigenvalue weighted by Crippen LogP contribution is 2.36. The van der Waals surface area contributed by atoms with E-state index >= 15 is 0 Å². The Balaban J connectivity index is 1.85. The molecular weight excluding hydrogens is 262 g/mol. The van der Waals surface area contributed by atoms with Gasteiger partial charge in [0, 0.05) is 25.2 Å².